The fraction of sp³-hybridized carbons (Fsp3) is 0.353. The molecular weight excluding hydrogens is 316 g/mol. The highest BCUT2D eigenvalue weighted by Gasteiger charge is 2.22. The quantitative estimate of drug-likeness (QED) is 0.568. The molecule has 0 radical (unpaired) electrons. The number of benzene rings is 2. The predicted molar refractivity (Wildman–Crippen MR) is 87.4 cm³/mol. The first-order chi connectivity index (χ1) is 11.6. The van der Waals surface area contributed by atoms with Crippen LogP contribution in [0.2, 0.25) is 0 Å². The van der Waals surface area contributed by atoms with Crippen molar-refractivity contribution >= 4 is 16.7 Å². The van der Waals surface area contributed by atoms with Crippen LogP contribution in [0, 0.1) is 0 Å². The van der Waals surface area contributed by atoms with E-state index in [1.54, 1.807) is 18.2 Å². The van der Waals surface area contributed by atoms with E-state index < -0.39 is 5.97 Å². The van der Waals surface area contributed by atoms with Gasteiger partial charge in [0.05, 0.1) is 39.4 Å². The summed E-state index contributed by atoms with van der Waals surface area (Å²) in [5, 5.41) is 1.32. The highest BCUT2D eigenvalue weighted by molar-refractivity contribution is 6.03. The van der Waals surface area contributed by atoms with Gasteiger partial charge < -0.3 is 28.4 Å². The summed E-state index contributed by atoms with van der Waals surface area (Å²) in [5.41, 5.74) is 0.353. The van der Waals surface area contributed by atoms with E-state index in [-0.39, 0.29) is 6.79 Å². The third kappa shape index (κ3) is 3.16. The van der Waals surface area contributed by atoms with E-state index in [9.17, 15) is 4.79 Å². The van der Waals surface area contributed by atoms with Crippen LogP contribution >= 0.6 is 0 Å². The second kappa shape index (κ2) is 7.74. The maximum absolute atomic E-state index is 11.9. The van der Waals surface area contributed by atoms with Crippen LogP contribution in [0.5, 0.6) is 23.0 Å². The summed E-state index contributed by atoms with van der Waals surface area (Å²) in [6.07, 6.45) is 0. The molecule has 0 aliphatic rings. The Labute approximate surface area is 140 Å². The lowest BCUT2D eigenvalue weighted by Crippen LogP contribution is -2.05. The maximum Gasteiger partial charge on any atom is 0.338 e. The Balaban J connectivity index is 2.83. The lowest BCUT2D eigenvalue weighted by Gasteiger charge is -2.18. The molecule has 0 bridgehead atoms. The van der Waals surface area contributed by atoms with Crippen LogP contribution in [0.25, 0.3) is 10.8 Å². The molecule has 0 atom stereocenters. The van der Waals surface area contributed by atoms with Crippen molar-refractivity contribution < 1.29 is 33.2 Å². The van der Waals surface area contributed by atoms with Crippen molar-refractivity contribution in [3.05, 3.63) is 23.8 Å². The summed E-state index contributed by atoms with van der Waals surface area (Å²) >= 11 is 0. The van der Waals surface area contributed by atoms with Crippen LogP contribution in [0.15, 0.2) is 18.2 Å². The van der Waals surface area contributed by atoms with Crippen LogP contribution < -0.4 is 18.9 Å². The first kappa shape index (κ1) is 17.7. The SMILES string of the molecule is COCOc1c(OC)c(OC)cc2cc(C(=O)OC)cc(OC)c12. The van der Waals surface area contributed by atoms with Crippen LogP contribution in [0.4, 0.5) is 0 Å². The number of carbonyl (C=O) groups excluding carboxylic acids is 1. The Morgan fingerprint density at radius 1 is 0.875 bits per heavy atom. The number of esters is 1. The van der Waals surface area contributed by atoms with Gasteiger partial charge in [-0.15, -0.1) is 0 Å². The molecule has 0 aliphatic heterocycles. The van der Waals surface area contributed by atoms with Crippen molar-refractivity contribution in [2.75, 3.05) is 42.3 Å². The van der Waals surface area contributed by atoms with E-state index >= 15 is 0 Å². The van der Waals surface area contributed by atoms with Gasteiger partial charge in [-0.2, -0.15) is 0 Å². The van der Waals surface area contributed by atoms with Crippen LogP contribution in [0.3, 0.4) is 0 Å². The highest BCUT2D eigenvalue weighted by Crippen LogP contribution is 2.47. The third-order valence-electron chi connectivity index (χ3n) is 3.46. The molecule has 2 aromatic carbocycles. The number of rotatable bonds is 7. The van der Waals surface area contributed by atoms with E-state index in [1.165, 1.54) is 35.5 Å². The van der Waals surface area contributed by atoms with Gasteiger partial charge in [0.2, 0.25) is 5.75 Å². The van der Waals surface area contributed by atoms with E-state index in [0.717, 1.165) is 0 Å². The predicted octanol–water partition coefficient (Wildman–Crippen LogP) is 2.63. The van der Waals surface area contributed by atoms with E-state index in [2.05, 4.69) is 0 Å². The van der Waals surface area contributed by atoms with Crippen molar-refractivity contribution in [1.82, 2.24) is 0 Å². The Bertz CT molecular complexity index is 740. The topological polar surface area (TPSA) is 72.5 Å². The average molecular weight is 336 g/mol. The van der Waals surface area contributed by atoms with Gasteiger partial charge in [0.15, 0.2) is 18.3 Å². The van der Waals surface area contributed by atoms with Crippen molar-refractivity contribution in [3.8, 4) is 23.0 Å². The maximum atomic E-state index is 11.9. The van der Waals surface area contributed by atoms with Gasteiger partial charge in [-0.05, 0) is 23.6 Å². The molecule has 2 rings (SSSR count). The molecule has 24 heavy (non-hydrogen) atoms. The second-order valence-electron chi connectivity index (χ2n) is 4.76. The Kier molecular flexibility index (Phi) is 5.70. The van der Waals surface area contributed by atoms with Gasteiger partial charge in [-0.3, -0.25) is 0 Å². The third-order valence-corrected chi connectivity index (χ3v) is 3.46. The number of methoxy groups -OCH3 is 5. The van der Waals surface area contributed by atoms with Crippen molar-refractivity contribution in [2.24, 2.45) is 0 Å². The molecule has 2 aromatic rings. The normalized spacial score (nSPS) is 10.4. The minimum Gasteiger partial charge on any atom is -0.496 e. The molecular formula is C17H20O7. The van der Waals surface area contributed by atoms with Gasteiger partial charge in [0, 0.05) is 7.11 Å². The molecule has 0 aromatic heterocycles. The first-order valence-corrected chi connectivity index (χ1v) is 7.08. The van der Waals surface area contributed by atoms with Gasteiger partial charge >= 0.3 is 5.97 Å². The van der Waals surface area contributed by atoms with Crippen LogP contribution in [0.1, 0.15) is 10.4 Å². The Hall–Kier alpha value is -2.67. The average Bonchev–Trinajstić information content (AvgIpc) is 2.63. The minimum atomic E-state index is -0.468. The van der Waals surface area contributed by atoms with Crippen LogP contribution in [-0.4, -0.2) is 48.3 Å². The molecule has 0 saturated heterocycles. The van der Waals surface area contributed by atoms with E-state index in [0.29, 0.717) is 39.3 Å². The number of carbonyl (C=O) groups is 1. The lowest BCUT2D eigenvalue weighted by atomic mass is 10.0. The molecule has 7 nitrogen and oxygen atoms in total. The standard InChI is InChI=1S/C17H20O7/c1-19-9-24-16-14-10(7-13(21-3)15(16)22-4)6-11(17(18)23-5)8-12(14)20-2/h6-8H,9H2,1-5H3. The van der Waals surface area contributed by atoms with E-state index in [4.69, 9.17) is 28.4 Å². The number of ether oxygens (including phenoxy) is 6. The van der Waals surface area contributed by atoms with Gasteiger partial charge in [0.25, 0.3) is 0 Å². The minimum absolute atomic E-state index is 0.0144. The fourth-order valence-corrected chi connectivity index (χ4v) is 2.42. The zero-order valence-corrected chi connectivity index (χ0v) is 14.3. The summed E-state index contributed by atoms with van der Waals surface area (Å²) in [6.45, 7) is 0.0144. The monoisotopic (exact) mass is 336 g/mol. The van der Waals surface area contributed by atoms with Crippen LogP contribution in [-0.2, 0) is 9.47 Å². The molecule has 0 aliphatic carbocycles. The zero-order valence-electron chi connectivity index (χ0n) is 14.3. The zero-order chi connectivity index (χ0) is 17.7. The number of hydrogen-bond acceptors (Lipinski definition) is 7. The van der Waals surface area contributed by atoms with Crippen molar-refractivity contribution in [3.63, 3.8) is 0 Å². The van der Waals surface area contributed by atoms with Gasteiger partial charge in [-0.1, -0.05) is 0 Å². The smallest absolute Gasteiger partial charge is 0.338 e. The highest BCUT2D eigenvalue weighted by atomic mass is 16.7. The molecule has 0 heterocycles. The Morgan fingerprint density at radius 2 is 1.58 bits per heavy atom. The molecule has 0 amide bonds. The Morgan fingerprint density at radius 3 is 2.12 bits per heavy atom. The molecule has 0 N–H and O–H groups in total. The summed E-state index contributed by atoms with van der Waals surface area (Å²) < 4.78 is 31.7. The molecule has 0 spiro atoms. The fourth-order valence-electron chi connectivity index (χ4n) is 2.42. The first-order valence-electron chi connectivity index (χ1n) is 7.08. The number of fused-ring (bicyclic) bond motifs is 1. The molecule has 0 saturated carbocycles. The van der Waals surface area contributed by atoms with Crippen molar-refractivity contribution in [1.29, 1.82) is 0 Å². The molecule has 0 fully saturated rings. The molecule has 130 valence electrons. The van der Waals surface area contributed by atoms with Gasteiger partial charge in [0.1, 0.15) is 5.75 Å². The summed E-state index contributed by atoms with van der Waals surface area (Å²) in [6, 6.07) is 4.99. The molecule has 7 heteroatoms. The number of hydrogen-bond donors (Lipinski definition) is 0. The lowest BCUT2D eigenvalue weighted by molar-refractivity contribution is 0.0499. The van der Waals surface area contributed by atoms with E-state index in [1.807, 2.05) is 0 Å². The largest absolute Gasteiger partial charge is 0.496 e. The summed E-state index contributed by atoms with van der Waals surface area (Å²) in [5.74, 6) is 1.25. The van der Waals surface area contributed by atoms with Crippen molar-refractivity contribution in [2.45, 2.75) is 0 Å². The molecule has 0 unspecified atom stereocenters. The van der Waals surface area contributed by atoms with Gasteiger partial charge in [-0.25, -0.2) is 4.79 Å². The second-order valence-corrected chi connectivity index (χ2v) is 4.76. The summed E-state index contributed by atoms with van der Waals surface area (Å²) in [7, 11) is 7.37. The summed E-state index contributed by atoms with van der Waals surface area (Å²) in [4.78, 5) is 11.9.